The fourth-order valence-electron chi connectivity index (χ4n) is 1.68. The summed E-state index contributed by atoms with van der Waals surface area (Å²) in [6, 6.07) is 4.24. The van der Waals surface area contributed by atoms with E-state index in [0.29, 0.717) is 11.5 Å². The van der Waals surface area contributed by atoms with E-state index >= 15 is 0 Å². The van der Waals surface area contributed by atoms with Crippen LogP contribution >= 0.6 is 23.2 Å². The second-order valence-corrected chi connectivity index (χ2v) is 6.84. The molecule has 1 aromatic carbocycles. The Balaban J connectivity index is 2.29. The van der Waals surface area contributed by atoms with Crippen molar-refractivity contribution in [1.29, 1.82) is 0 Å². The van der Waals surface area contributed by atoms with E-state index in [1.807, 2.05) is 0 Å². The van der Waals surface area contributed by atoms with Crippen molar-refractivity contribution < 1.29 is 18.0 Å². The van der Waals surface area contributed by atoms with Gasteiger partial charge in [-0.25, -0.2) is 13.1 Å². The van der Waals surface area contributed by atoms with Crippen molar-refractivity contribution in [2.75, 3.05) is 0 Å². The fourth-order valence-corrected chi connectivity index (χ4v) is 3.60. The molecule has 0 unspecified atom stereocenters. The number of nitrogens with one attached hydrogen (secondary N) is 1. The van der Waals surface area contributed by atoms with Gasteiger partial charge in [-0.05, 0) is 24.6 Å². The van der Waals surface area contributed by atoms with Crippen LogP contribution in [0.2, 0.25) is 10.0 Å². The first-order valence-electron chi connectivity index (χ1n) is 5.84. The zero-order valence-corrected chi connectivity index (χ0v) is 13.3. The van der Waals surface area contributed by atoms with Gasteiger partial charge in [0.1, 0.15) is 10.7 Å². The van der Waals surface area contributed by atoms with Gasteiger partial charge in [-0.15, -0.1) is 0 Å². The van der Waals surface area contributed by atoms with Gasteiger partial charge in [-0.1, -0.05) is 28.4 Å². The van der Waals surface area contributed by atoms with Crippen LogP contribution in [0.15, 0.2) is 27.6 Å². The molecule has 0 amide bonds. The van der Waals surface area contributed by atoms with Crippen LogP contribution in [0.4, 0.5) is 0 Å². The second kappa shape index (κ2) is 6.33. The second-order valence-electron chi connectivity index (χ2n) is 4.29. The van der Waals surface area contributed by atoms with Gasteiger partial charge in [-0.2, -0.15) is 0 Å². The Morgan fingerprint density at radius 2 is 2.05 bits per heavy atom. The summed E-state index contributed by atoms with van der Waals surface area (Å²) in [6.07, 6.45) is 0. The number of halogens is 2. The highest BCUT2D eigenvalue weighted by molar-refractivity contribution is 7.89. The molecule has 0 aliphatic rings. The summed E-state index contributed by atoms with van der Waals surface area (Å²) in [4.78, 5) is -0.194. The molecular formula is C12H12Cl2N2O4S. The Morgan fingerprint density at radius 1 is 1.33 bits per heavy atom. The van der Waals surface area contributed by atoms with Gasteiger partial charge in [0.15, 0.2) is 0 Å². The smallest absolute Gasteiger partial charge is 0.242 e. The van der Waals surface area contributed by atoms with Crippen LogP contribution in [0.5, 0.6) is 0 Å². The van der Waals surface area contributed by atoms with Gasteiger partial charge in [0, 0.05) is 11.1 Å². The average Bonchev–Trinajstić information content (AvgIpc) is 2.84. The van der Waals surface area contributed by atoms with Crippen molar-refractivity contribution in [3.05, 3.63) is 45.3 Å². The number of sulfonamides is 1. The summed E-state index contributed by atoms with van der Waals surface area (Å²) in [5.74, 6) is 0.576. The van der Waals surface area contributed by atoms with E-state index in [1.165, 1.54) is 12.1 Å². The van der Waals surface area contributed by atoms with E-state index in [9.17, 15) is 8.42 Å². The normalized spacial score (nSPS) is 11.8. The maximum atomic E-state index is 12.3. The van der Waals surface area contributed by atoms with Crippen molar-refractivity contribution in [3.8, 4) is 0 Å². The van der Waals surface area contributed by atoms with E-state index in [4.69, 9.17) is 32.8 Å². The van der Waals surface area contributed by atoms with Crippen molar-refractivity contribution >= 4 is 33.2 Å². The fraction of sp³-hybridized carbons (Fsp3) is 0.250. The monoisotopic (exact) mass is 350 g/mol. The first kappa shape index (κ1) is 16.3. The van der Waals surface area contributed by atoms with Gasteiger partial charge in [-0.3, -0.25) is 0 Å². The lowest BCUT2D eigenvalue weighted by Gasteiger charge is -2.10. The van der Waals surface area contributed by atoms with E-state index in [0.717, 1.165) is 0 Å². The Bertz CT molecular complexity index is 759. The molecule has 0 saturated carbocycles. The maximum absolute atomic E-state index is 12.3. The van der Waals surface area contributed by atoms with Gasteiger partial charge in [0.05, 0.1) is 23.9 Å². The van der Waals surface area contributed by atoms with E-state index in [2.05, 4.69) is 9.88 Å². The molecule has 1 aromatic heterocycles. The van der Waals surface area contributed by atoms with E-state index in [-0.39, 0.29) is 27.0 Å². The number of hydrogen-bond acceptors (Lipinski definition) is 5. The molecular weight excluding hydrogens is 339 g/mol. The van der Waals surface area contributed by atoms with Gasteiger partial charge in [0.2, 0.25) is 10.0 Å². The Hall–Kier alpha value is -1.12. The Kier molecular flexibility index (Phi) is 4.90. The van der Waals surface area contributed by atoms with Crippen molar-refractivity contribution in [1.82, 2.24) is 9.88 Å². The number of benzene rings is 1. The predicted octanol–water partition coefficient (Wildman–Crippen LogP) is 2.26. The highest BCUT2D eigenvalue weighted by Crippen LogP contribution is 2.29. The van der Waals surface area contributed by atoms with Crippen molar-refractivity contribution in [2.45, 2.75) is 25.0 Å². The lowest BCUT2D eigenvalue weighted by Crippen LogP contribution is -2.24. The minimum absolute atomic E-state index is 0.0447. The molecule has 114 valence electrons. The Morgan fingerprint density at radius 3 is 2.62 bits per heavy atom. The van der Waals surface area contributed by atoms with Crippen LogP contribution in [-0.4, -0.2) is 18.7 Å². The number of aliphatic hydroxyl groups is 1. The molecule has 0 atom stereocenters. The summed E-state index contributed by atoms with van der Waals surface area (Å²) in [7, 11) is -3.89. The zero-order valence-electron chi connectivity index (χ0n) is 10.9. The SMILES string of the molecule is Cc1cc(CNS(=O)(=O)c2cc(Cl)cc(CO)c2Cl)no1. The molecule has 6 nitrogen and oxygen atoms in total. The largest absolute Gasteiger partial charge is 0.392 e. The highest BCUT2D eigenvalue weighted by Gasteiger charge is 2.21. The van der Waals surface area contributed by atoms with Crippen LogP contribution in [0, 0.1) is 6.92 Å². The van der Waals surface area contributed by atoms with Crippen molar-refractivity contribution in [2.24, 2.45) is 0 Å². The molecule has 0 saturated heterocycles. The third-order valence-electron chi connectivity index (χ3n) is 2.66. The summed E-state index contributed by atoms with van der Waals surface area (Å²) < 4.78 is 31.7. The van der Waals surface area contributed by atoms with Gasteiger partial charge >= 0.3 is 0 Å². The quantitative estimate of drug-likeness (QED) is 0.862. The number of nitrogens with zero attached hydrogens (tertiary/aromatic N) is 1. The van der Waals surface area contributed by atoms with E-state index in [1.54, 1.807) is 13.0 Å². The van der Waals surface area contributed by atoms with Crippen LogP contribution in [0.1, 0.15) is 17.0 Å². The standard InChI is InChI=1S/C12H12Cl2N2O4S/c1-7-2-10(16-20-7)5-15-21(18,19)11-4-9(13)3-8(6-17)12(11)14/h2-4,15,17H,5-6H2,1H3. The highest BCUT2D eigenvalue weighted by atomic mass is 35.5. The number of aromatic nitrogens is 1. The first-order valence-corrected chi connectivity index (χ1v) is 8.08. The average molecular weight is 351 g/mol. The molecule has 21 heavy (non-hydrogen) atoms. The van der Waals surface area contributed by atoms with Gasteiger partial charge < -0.3 is 9.63 Å². The molecule has 0 bridgehead atoms. The first-order chi connectivity index (χ1) is 9.83. The molecule has 2 N–H and O–H groups in total. The summed E-state index contributed by atoms with van der Waals surface area (Å²) in [6.45, 7) is 1.24. The molecule has 0 aliphatic heterocycles. The maximum Gasteiger partial charge on any atom is 0.242 e. The van der Waals surface area contributed by atoms with Crippen LogP contribution < -0.4 is 4.72 Å². The molecule has 0 fully saturated rings. The minimum Gasteiger partial charge on any atom is -0.392 e. The third-order valence-corrected chi connectivity index (χ3v) is 4.86. The lowest BCUT2D eigenvalue weighted by atomic mass is 10.2. The molecule has 9 heteroatoms. The van der Waals surface area contributed by atoms with Crippen LogP contribution in [0.25, 0.3) is 0 Å². The van der Waals surface area contributed by atoms with E-state index < -0.39 is 16.6 Å². The molecule has 2 aromatic rings. The number of aryl methyl sites for hydroxylation is 1. The molecule has 2 rings (SSSR count). The van der Waals surface area contributed by atoms with Crippen molar-refractivity contribution in [3.63, 3.8) is 0 Å². The third kappa shape index (κ3) is 3.75. The molecule has 0 aliphatic carbocycles. The number of hydrogen-bond donors (Lipinski definition) is 2. The van der Waals surface area contributed by atoms with Gasteiger partial charge in [0.25, 0.3) is 0 Å². The molecule has 1 heterocycles. The summed E-state index contributed by atoms with van der Waals surface area (Å²) in [5, 5.41) is 13.0. The van der Waals surface area contributed by atoms with Crippen LogP contribution in [-0.2, 0) is 23.2 Å². The zero-order chi connectivity index (χ0) is 15.6. The number of rotatable bonds is 5. The summed E-state index contributed by atoms with van der Waals surface area (Å²) >= 11 is 11.8. The molecule has 0 spiro atoms. The minimum atomic E-state index is -3.89. The molecule has 0 radical (unpaired) electrons. The Labute approximate surface area is 131 Å². The van der Waals surface area contributed by atoms with Crippen LogP contribution in [0.3, 0.4) is 0 Å². The summed E-state index contributed by atoms with van der Waals surface area (Å²) in [5.41, 5.74) is 0.679. The lowest BCUT2D eigenvalue weighted by molar-refractivity contribution is 0.281. The number of aliphatic hydroxyl groups excluding tert-OH is 1. The predicted molar refractivity (Wildman–Crippen MR) is 77.7 cm³/mol. The topological polar surface area (TPSA) is 92.4 Å².